The van der Waals surface area contributed by atoms with Crippen LogP contribution in [0.3, 0.4) is 0 Å². The molecule has 0 radical (unpaired) electrons. The van der Waals surface area contributed by atoms with Gasteiger partial charge in [0.25, 0.3) is 0 Å². The van der Waals surface area contributed by atoms with Crippen molar-refractivity contribution in [3.05, 3.63) is 102 Å². The van der Waals surface area contributed by atoms with E-state index >= 15 is 0 Å². The summed E-state index contributed by atoms with van der Waals surface area (Å²) < 4.78 is 0. The van der Waals surface area contributed by atoms with E-state index in [1.54, 1.807) is 11.3 Å². The highest BCUT2D eigenvalue weighted by atomic mass is 32.1. The molecule has 0 saturated carbocycles. The van der Waals surface area contributed by atoms with Gasteiger partial charge in [0, 0.05) is 60.5 Å². The molecule has 0 aliphatic carbocycles. The fourth-order valence-electron chi connectivity index (χ4n) is 6.11. The topological polar surface area (TPSA) is 48.5 Å². The van der Waals surface area contributed by atoms with Crippen molar-refractivity contribution >= 4 is 29.0 Å². The molecule has 1 fully saturated rings. The van der Waals surface area contributed by atoms with E-state index in [0.717, 1.165) is 72.0 Å². The molecule has 2 unspecified atom stereocenters. The molecule has 1 N–H and O–H groups in total. The number of hydrogen-bond acceptors (Lipinski definition) is 6. The van der Waals surface area contributed by atoms with E-state index in [1.165, 1.54) is 36.0 Å². The van der Waals surface area contributed by atoms with Gasteiger partial charge in [0.1, 0.15) is 11.3 Å². The van der Waals surface area contributed by atoms with Crippen LogP contribution in [0.5, 0.6) is 0 Å². The highest BCUT2D eigenvalue weighted by molar-refractivity contribution is 7.13. The zero-order chi connectivity index (χ0) is 28.1. The van der Waals surface area contributed by atoms with Crippen molar-refractivity contribution in [3.8, 4) is 10.6 Å². The van der Waals surface area contributed by atoms with E-state index in [4.69, 9.17) is 4.98 Å². The Hall–Kier alpha value is -3.64. The number of carbonyl (C=O) groups excluding carboxylic acids is 1. The number of benzene rings is 2. The summed E-state index contributed by atoms with van der Waals surface area (Å²) in [4.78, 5) is 20.8. The third-order valence-electron chi connectivity index (χ3n) is 8.39. The molecule has 0 spiro atoms. The summed E-state index contributed by atoms with van der Waals surface area (Å²) in [5.41, 5.74) is 9.02. The SMILES string of the molecule is C=C(NC)C(CCC=O)N1Cc2cc(CCC3CCCCN3C(=C)c3csc(-c4ccccc4)n3)ccc2C1=C. The number of aryl methyl sites for hydroxylation is 1. The quantitative estimate of drug-likeness (QED) is 0.242. The molecule has 2 aliphatic heterocycles. The molecule has 5 rings (SSSR count). The van der Waals surface area contributed by atoms with Gasteiger partial charge in [0.05, 0.1) is 17.4 Å². The second-order valence-corrected chi connectivity index (χ2v) is 11.7. The predicted molar refractivity (Wildman–Crippen MR) is 168 cm³/mol. The lowest BCUT2D eigenvalue weighted by molar-refractivity contribution is -0.108. The van der Waals surface area contributed by atoms with Crippen LogP contribution < -0.4 is 5.32 Å². The molecule has 0 bridgehead atoms. The third kappa shape index (κ3) is 5.92. The Balaban J connectivity index is 1.25. The summed E-state index contributed by atoms with van der Waals surface area (Å²) in [5, 5.41) is 6.39. The van der Waals surface area contributed by atoms with Gasteiger partial charge in [-0.05, 0) is 49.7 Å². The summed E-state index contributed by atoms with van der Waals surface area (Å²) in [5.74, 6) is 0. The second-order valence-electron chi connectivity index (χ2n) is 10.8. The van der Waals surface area contributed by atoms with Crippen LogP contribution in [0.15, 0.2) is 79.3 Å². The number of fused-ring (bicyclic) bond motifs is 1. The first-order valence-electron chi connectivity index (χ1n) is 14.3. The number of likely N-dealkylation sites (N-methyl/N-ethyl adjacent to an activating group) is 1. The number of nitrogens with zero attached hydrogens (tertiary/aromatic N) is 3. The summed E-state index contributed by atoms with van der Waals surface area (Å²) in [6.07, 6.45) is 8.00. The van der Waals surface area contributed by atoms with Gasteiger partial charge >= 0.3 is 0 Å². The summed E-state index contributed by atoms with van der Waals surface area (Å²) in [7, 11) is 1.89. The summed E-state index contributed by atoms with van der Waals surface area (Å²) in [6.45, 7) is 14.9. The predicted octanol–water partition coefficient (Wildman–Crippen LogP) is 7.14. The van der Waals surface area contributed by atoms with Crippen LogP contribution in [0.25, 0.3) is 22.0 Å². The molecular formula is C34H40N4OS. The highest BCUT2D eigenvalue weighted by Gasteiger charge is 2.30. The lowest BCUT2D eigenvalue weighted by atomic mass is 9.94. The molecule has 0 amide bonds. The first kappa shape index (κ1) is 27.9. The molecule has 1 saturated heterocycles. The Morgan fingerprint density at radius 3 is 2.80 bits per heavy atom. The van der Waals surface area contributed by atoms with Crippen LogP contribution in [0.4, 0.5) is 0 Å². The van der Waals surface area contributed by atoms with Crippen molar-refractivity contribution in [2.45, 2.75) is 63.6 Å². The van der Waals surface area contributed by atoms with Gasteiger partial charge in [-0.2, -0.15) is 0 Å². The molecule has 6 heteroatoms. The molecule has 208 valence electrons. The Kier molecular flexibility index (Phi) is 8.85. The number of aldehydes is 1. The second kappa shape index (κ2) is 12.7. The van der Waals surface area contributed by atoms with E-state index < -0.39 is 0 Å². The van der Waals surface area contributed by atoms with Gasteiger partial charge in [-0.25, -0.2) is 4.98 Å². The van der Waals surface area contributed by atoms with Gasteiger partial charge in [-0.15, -0.1) is 11.3 Å². The molecule has 2 aromatic carbocycles. The maximum absolute atomic E-state index is 11.1. The van der Waals surface area contributed by atoms with E-state index in [-0.39, 0.29) is 6.04 Å². The molecule has 2 atom stereocenters. The molecule has 3 aromatic rings. The number of rotatable bonds is 12. The standard InChI is InChI=1S/C34H40N4OS/c1-24(35-4)33(14-10-20-39)38-22-29-21-27(16-18-31(29)25(38)2)15-17-30-13-8-9-19-37(30)26(3)32-23-40-34(36-32)28-11-6-5-7-12-28/h5-7,11-12,16,18,20-21,23,30,33,35H,1-3,8-10,13-15,17,19,22H2,4H3. The summed E-state index contributed by atoms with van der Waals surface area (Å²) >= 11 is 1.69. The van der Waals surface area contributed by atoms with Crippen LogP contribution >= 0.6 is 11.3 Å². The van der Waals surface area contributed by atoms with E-state index in [9.17, 15) is 4.79 Å². The van der Waals surface area contributed by atoms with Crippen LogP contribution in [0.1, 0.15) is 60.9 Å². The van der Waals surface area contributed by atoms with Crippen molar-refractivity contribution in [2.24, 2.45) is 0 Å². The monoisotopic (exact) mass is 552 g/mol. The zero-order valence-electron chi connectivity index (χ0n) is 23.6. The van der Waals surface area contributed by atoms with Gasteiger partial charge in [-0.3, -0.25) is 0 Å². The Morgan fingerprint density at radius 1 is 1.20 bits per heavy atom. The number of thiazole rings is 1. The van der Waals surface area contributed by atoms with Gasteiger partial charge in [0.15, 0.2) is 0 Å². The van der Waals surface area contributed by atoms with Crippen LogP contribution in [0.2, 0.25) is 0 Å². The van der Waals surface area contributed by atoms with Crippen LogP contribution in [0, 0.1) is 0 Å². The van der Waals surface area contributed by atoms with Crippen molar-refractivity contribution in [1.82, 2.24) is 20.1 Å². The average Bonchev–Trinajstić information content (AvgIpc) is 3.61. The van der Waals surface area contributed by atoms with Crippen molar-refractivity contribution in [2.75, 3.05) is 13.6 Å². The fraction of sp³-hybridized carbons (Fsp3) is 0.353. The minimum Gasteiger partial charge on any atom is -0.390 e. The summed E-state index contributed by atoms with van der Waals surface area (Å²) in [6, 6.07) is 17.7. The van der Waals surface area contributed by atoms with Crippen LogP contribution in [-0.4, -0.2) is 46.7 Å². The normalized spacial score (nSPS) is 17.4. The van der Waals surface area contributed by atoms with Crippen molar-refractivity contribution < 1.29 is 4.79 Å². The number of hydrogen-bond donors (Lipinski definition) is 1. The lowest BCUT2D eigenvalue weighted by Gasteiger charge is -2.38. The molecule has 5 nitrogen and oxygen atoms in total. The third-order valence-corrected chi connectivity index (χ3v) is 9.28. The van der Waals surface area contributed by atoms with Gasteiger partial charge < -0.3 is 19.9 Å². The highest BCUT2D eigenvalue weighted by Crippen LogP contribution is 2.37. The van der Waals surface area contributed by atoms with Crippen molar-refractivity contribution in [3.63, 3.8) is 0 Å². The Labute approximate surface area is 242 Å². The minimum absolute atomic E-state index is 0.0495. The van der Waals surface area contributed by atoms with Crippen LogP contribution in [-0.2, 0) is 17.8 Å². The Morgan fingerprint density at radius 2 is 2.02 bits per heavy atom. The van der Waals surface area contributed by atoms with Crippen molar-refractivity contribution in [1.29, 1.82) is 0 Å². The largest absolute Gasteiger partial charge is 0.390 e. The van der Waals surface area contributed by atoms with E-state index in [1.807, 2.05) is 13.1 Å². The number of nitrogens with one attached hydrogen (secondary N) is 1. The first-order chi connectivity index (χ1) is 19.5. The maximum Gasteiger partial charge on any atom is 0.124 e. The number of likely N-dealkylation sites (tertiary alicyclic amines) is 1. The molecule has 40 heavy (non-hydrogen) atoms. The average molecular weight is 553 g/mol. The zero-order valence-corrected chi connectivity index (χ0v) is 24.4. The maximum atomic E-state index is 11.1. The molecular weight excluding hydrogens is 512 g/mol. The number of piperidine rings is 1. The van der Waals surface area contributed by atoms with E-state index in [2.05, 4.69) is 82.7 Å². The first-order valence-corrected chi connectivity index (χ1v) is 15.2. The smallest absolute Gasteiger partial charge is 0.124 e. The number of aromatic nitrogens is 1. The lowest BCUT2D eigenvalue weighted by Crippen LogP contribution is -2.38. The van der Waals surface area contributed by atoms with Gasteiger partial charge in [-0.1, -0.05) is 68.3 Å². The Bertz CT molecular complexity index is 1380. The molecule has 1 aromatic heterocycles. The minimum atomic E-state index is 0.0495. The number of carbonyl (C=O) groups is 1. The van der Waals surface area contributed by atoms with E-state index in [0.29, 0.717) is 12.5 Å². The van der Waals surface area contributed by atoms with Gasteiger partial charge in [0.2, 0.25) is 0 Å². The fourth-order valence-corrected chi connectivity index (χ4v) is 6.95. The molecule has 3 heterocycles. The molecule has 2 aliphatic rings.